The summed E-state index contributed by atoms with van der Waals surface area (Å²) in [7, 11) is 1.64. The van der Waals surface area contributed by atoms with Gasteiger partial charge in [0.15, 0.2) is 0 Å². The van der Waals surface area contributed by atoms with Crippen LogP contribution >= 0.6 is 0 Å². The second-order valence-electron chi connectivity index (χ2n) is 6.00. The van der Waals surface area contributed by atoms with Crippen molar-refractivity contribution in [2.45, 2.75) is 39.7 Å². The number of hydrogen-bond acceptors (Lipinski definition) is 3. The number of rotatable bonds is 8. The Hall–Kier alpha value is -1.55. The summed E-state index contributed by atoms with van der Waals surface area (Å²) in [4.78, 5) is 12.1. The highest BCUT2D eigenvalue weighted by molar-refractivity contribution is 5.76. The summed E-state index contributed by atoms with van der Waals surface area (Å²) in [6, 6.07) is 7.73. The van der Waals surface area contributed by atoms with E-state index in [4.69, 9.17) is 10.5 Å². The second-order valence-corrected chi connectivity index (χ2v) is 6.00. The summed E-state index contributed by atoms with van der Waals surface area (Å²) in [5, 5.41) is 3.04. The normalized spacial score (nSPS) is 13.8. The first-order chi connectivity index (χ1) is 9.96. The molecule has 1 unspecified atom stereocenters. The number of benzene rings is 1. The zero-order valence-corrected chi connectivity index (χ0v) is 13.6. The molecule has 1 aromatic rings. The van der Waals surface area contributed by atoms with Gasteiger partial charge in [-0.2, -0.15) is 0 Å². The largest absolute Gasteiger partial charge is 0.497 e. The van der Waals surface area contributed by atoms with E-state index in [9.17, 15) is 4.79 Å². The Balaban J connectivity index is 2.52. The molecule has 1 aromatic carbocycles. The van der Waals surface area contributed by atoms with Crippen molar-refractivity contribution in [3.63, 3.8) is 0 Å². The molecule has 0 saturated heterocycles. The summed E-state index contributed by atoms with van der Waals surface area (Å²) in [6.07, 6.45) is 1.48. The predicted molar refractivity (Wildman–Crippen MR) is 86.2 cm³/mol. The van der Waals surface area contributed by atoms with E-state index in [0.717, 1.165) is 17.7 Å². The molecule has 0 saturated carbocycles. The van der Waals surface area contributed by atoms with Gasteiger partial charge in [-0.25, -0.2) is 0 Å². The quantitative estimate of drug-likeness (QED) is 0.774. The molecule has 1 rings (SSSR count). The Morgan fingerprint density at radius 2 is 1.86 bits per heavy atom. The maximum atomic E-state index is 12.1. The van der Waals surface area contributed by atoms with Crippen LogP contribution in [0.4, 0.5) is 0 Å². The molecular weight excluding hydrogens is 264 g/mol. The van der Waals surface area contributed by atoms with Crippen molar-refractivity contribution < 1.29 is 9.53 Å². The van der Waals surface area contributed by atoms with Crippen LogP contribution in [0.2, 0.25) is 0 Å². The lowest BCUT2D eigenvalue weighted by Gasteiger charge is -2.19. The highest BCUT2D eigenvalue weighted by Crippen LogP contribution is 2.18. The van der Waals surface area contributed by atoms with Crippen molar-refractivity contribution in [3.8, 4) is 5.75 Å². The van der Waals surface area contributed by atoms with Gasteiger partial charge in [0.2, 0.25) is 5.91 Å². The molecule has 0 aliphatic heterocycles. The van der Waals surface area contributed by atoms with Crippen LogP contribution in [0.5, 0.6) is 5.75 Å². The molecule has 0 aliphatic carbocycles. The van der Waals surface area contributed by atoms with Crippen LogP contribution in [0, 0.1) is 11.8 Å². The second kappa shape index (κ2) is 8.67. The van der Waals surface area contributed by atoms with E-state index in [0.29, 0.717) is 18.9 Å². The summed E-state index contributed by atoms with van der Waals surface area (Å²) < 4.78 is 5.13. The lowest BCUT2D eigenvalue weighted by molar-refractivity contribution is -0.122. The molecule has 0 heterocycles. The van der Waals surface area contributed by atoms with E-state index in [1.807, 2.05) is 31.2 Å². The fourth-order valence-corrected chi connectivity index (χ4v) is 2.47. The number of carbonyl (C=O) groups is 1. The molecule has 0 aliphatic rings. The van der Waals surface area contributed by atoms with Crippen LogP contribution in [0.25, 0.3) is 0 Å². The van der Waals surface area contributed by atoms with Crippen LogP contribution in [0.15, 0.2) is 24.3 Å². The number of ether oxygens (including phenoxy) is 1. The lowest BCUT2D eigenvalue weighted by Crippen LogP contribution is -2.30. The standard InChI is InChI=1S/C17H28N2O2/c1-12(2)9-14(11-18)10-17(20)19-13(3)15-5-7-16(21-4)8-6-15/h5-8,12-14H,9-11,18H2,1-4H3,(H,19,20)/t13?,14-/m0/s1. The summed E-state index contributed by atoms with van der Waals surface area (Å²) in [6.45, 7) is 6.85. The third kappa shape index (κ3) is 6.17. The summed E-state index contributed by atoms with van der Waals surface area (Å²) >= 11 is 0. The van der Waals surface area contributed by atoms with Crippen LogP contribution in [0.3, 0.4) is 0 Å². The molecule has 0 spiro atoms. The predicted octanol–water partition coefficient (Wildman–Crippen LogP) is 2.88. The molecule has 118 valence electrons. The molecular formula is C17H28N2O2. The van der Waals surface area contributed by atoms with Crippen molar-refractivity contribution >= 4 is 5.91 Å². The van der Waals surface area contributed by atoms with Gasteiger partial charge in [-0.1, -0.05) is 26.0 Å². The fraction of sp³-hybridized carbons (Fsp3) is 0.588. The number of carbonyl (C=O) groups excluding carboxylic acids is 1. The van der Waals surface area contributed by atoms with E-state index in [1.54, 1.807) is 7.11 Å². The van der Waals surface area contributed by atoms with Gasteiger partial charge >= 0.3 is 0 Å². The summed E-state index contributed by atoms with van der Waals surface area (Å²) in [5.74, 6) is 1.70. The molecule has 0 radical (unpaired) electrons. The van der Waals surface area contributed by atoms with E-state index < -0.39 is 0 Å². The van der Waals surface area contributed by atoms with Crippen LogP contribution in [-0.2, 0) is 4.79 Å². The molecule has 1 amide bonds. The van der Waals surface area contributed by atoms with E-state index in [2.05, 4.69) is 19.2 Å². The molecule has 0 aromatic heterocycles. The molecule has 4 nitrogen and oxygen atoms in total. The first-order valence-corrected chi connectivity index (χ1v) is 7.59. The number of amides is 1. The zero-order chi connectivity index (χ0) is 15.8. The highest BCUT2D eigenvalue weighted by atomic mass is 16.5. The SMILES string of the molecule is COc1ccc(C(C)NC(=O)C[C@@H](CN)CC(C)C)cc1. The van der Waals surface area contributed by atoms with E-state index in [1.165, 1.54) is 0 Å². The Morgan fingerprint density at radius 3 is 2.33 bits per heavy atom. The molecule has 21 heavy (non-hydrogen) atoms. The van der Waals surface area contributed by atoms with Gasteiger partial charge in [-0.3, -0.25) is 4.79 Å². The number of nitrogens with one attached hydrogen (secondary N) is 1. The Kier molecular flexibility index (Phi) is 7.23. The van der Waals surface area contributed by atoms with Crippen LogP contribution in [0.1, 0.15) is 45.2 Å². The van der Waals surface area contributed by atoms with Gasteiger partial charge in [0.1, 0.15) is 5.75 Å². The van der Waals surface area contributed by atoms with Crippen molar-refractivity contribution in [3.05, 3.63) is 29.8 Å². The van der Waals surface area contributed by atoms with Crippen molar-refractivity contribution in [2.75, 3.05) is 13.7 Å². The van der Waals surface area contributed by atoms with Crippen molar-refractivity contribution in [1.29, 1.82) is 0 Å². The molecule has 4 heteroatoms. The van der Waals surface area contributed by atoms with E-state index >= 15 is 0 Å². The minimum absolute atomic E-state index is 0.0131. The number of methoxy groups -OCH3 is 1. The monoisotopic (exact) mass is 292 g/mol. The minimum atomic E-state index is -0.0131. The van der Waals surface area contributed by atoms with Gasteiger partial charge < -0.3 is 15.8 Å². The topological polar surface area (TPSA) is 64.3 Å². The number of nitrogens with two attached hydrogens (primary N) is 1. The Bertz CT molecular complexity index is 429. The average molecular weight is 292 g/mol. The highest BCUT2D eigenvalue weighted by Gasteiger charge is 2.16. The zero-order valence-electron chi connectivity index (χ0n) is 13.6. The van der Waals surface area contributed by atoms with Crippen LogP contribution in [-0.4, -0.2) is 19.6 Å². The maximum Gasteiger partial charge on any atom is 0.220 e. The molecule has 3 N–H and O–H groups in total. The molecule has 0 fully saturated rings. The van der Waals surface area contributed by atoms with Gasteiger partial charge in [0.05, 0.1) is 13.2 Å². The van der Waals surface area contributed by atoms with E-state index in [-0.39, 0.29) is 17.9 Å². The smallest absolute Gasteiger partial charge is 0.220 e. The maximum absolute atomic E-state index is 12.1. The first kappa shape index (κ1) is 17.5. The van der Waals surface area contributed by atoms with Gasteiger partial charge in [0.25, 0.3) is 0 Å². The molecule has 2 atom stereocenters. The van der Waals surface area contributed by atoms with Crippen molar-refractivity contribution in [2.24, 2.45) is 17.6 Å². The van der Waals surface area contributed by atoms with Crippen molar-refractivity contribution in [1.82, 2.24) is 5.32 Å². The Morgan fingerprint density at radius 1 is 1.24 bits per heavy atom. The Labute approximate surface area is 128 Å². The third-order valence-corrected chi connectivity index (χ3v) is 3.61. The average Bonchev–Trinajstić information content (AvgIpc) is 2.45. The lowest BCUT2D eigenvalue weighted by atomic mass is 9.94. The minimum Gasteiger partial charge on any atom is -0.497 e. The van der Waals surface area contributed by atoms with Gasteiger partial charge in [-0.15, -0.1) is 0 Å². The first-order valence-electron chi connectivity index (χ1n) is 7.59. The number of hydrogen-bond donors (Lipinski definition) is 2. The fourth-order valence-electron chi connectivity index (χ4n) is 2.47. The van der Waals surface area contributed by atoms with Gasteiger partial charge in [0, 0.05) is 6.42 Å². The van der Waals surface area contributed by atoms with Crippen LogP contribution < -0.4 is 15.8 Å². The third-order valence-electron chi connectivity index (χ3n) is 3.61. The van der Waals surface area contributed by atoms with Gasteiger partial charge in [-0.05, 0) is 49.4 Å². The molecule has 0 bridgehead atoms. The summed E-state index contributed by atoms with van der Waals surface area (Å²) in [5.41, 5.74) is 6.82.